The molecule has 0 radical (unpaired) electrons. The molecule has 164 valence electrons. The number of anilines is 1. The molecule has 0 amide bonds. The van der Waals surface area contributed by atoms with Crippen molar-refractivity contribution >= 4 is 27.3 Å². The van der Waals surface area contributed by atoms with E-state index in [1.54, 1.807) is 12.1 Å². The lowest BCUT2D eigenvalue weighted by atomic mass is 10.1. The number of sulfonamides is 1. The molecule has 0 aromatic heterocycles. The molecule has 2 aromatic carbocycles. The third-order valence-electron chi connectivity index (χ3n) is 5.54. The van der Waals surface area contributed by atoms with Crippen LogP contribution in [-0.4, -0.2) is 53.2 Å². The van der Waals surface area contributed by atoms with Crippen molar-refractivity contribution in [3.63, 3.8) is 0 Å². The number of ether oxygens (including phenoxy) is 1. The highest BCUT2D eigenvalue weighted by Crippen LogP contribution is 2.26. The van der Waals surface area contributed by atoms with Gasteiger partial charge in [0, 0.05) is 26.2 Å². The Kier molecular flexibility index (Phi) is 7.99. The molecule has 1 aliphatic rings. The van der Waals surface area contributed by atoms with Gasteiger partial charge in [0.15, 0.2) is 0 Å². The molecule has 2 N–H and O–H groups in total. The number of primary sulfonamides is 1. The zero-order valence-electron chi connectivity index (χ0n) is 17.4. The summed E-state index contributed by atoms with van der Waals surface area (Å²) in [4.78, 5) is 4.91. The van der Waals surface area contributed by atoms with Gasteiger partial charge in [0.25, 0.3) is 0 Å². The lowest BCUT2D eigenvalue weighted by molar-refractivity contribution is 0.252. The molecule has 1 aliphatic heterocycles. The first-order valence-corrected chi connectivity index (χ1v) is 12.2. The number of methoxy groups -OCH3 is 1. The second kappa shape index (κ2) is 10.5. The van der Waals surface area contributed by atoms with Gasteiger partial charge in [-0.3, -0.25) is 4.90 Å². The Morgan fingerprint density at radius 1 is 1.03 bits per heavy atom. The van der Waals surface area contributed by atoms with E-state index in [1.807, 2.05) is 24.3 Å². The zero-order valence-corrected chi connectivity index (χ0v) is 19.0. The van der Waals surface area contributed by atoms with E-state index in [0.29, 0.717) is 0 Å². The summed E-state index contributed by atoms with van der Waals surface area (Å²) in [6.45, 7) is 5.15. The molecule has 2 aromatic rings. The Bertz CT molecular complexity index is 944. The van der Waals surface area contributed by atoms with Gasteiger partial charge in [-0.2, -0.15) is 0 Å². The highest BCUT2D eigenvalue weighted by Gasteiger charge is 2.18. The summed E-state index contributed by atoms with van der Waals surface area (Å²) in [7, 11) is -2.35. The summed E-state index contributed by atoms with van der Waals surface area (Å²) >= 11 is 6.31. The molecule has 6 nitrogen and oxygen atoms in total. The molecule has 0 atom stereocenters. The monoisotopic (exact) mass is 451 g/mol. The first-order chi connectivity index (χ1) is 14.4. The fourth-order valence-electron chi connectivity index (χ4n) is 3.86. The predicted molar refractivity (Wildman–Crippen MR) is 122 cm³/mol. The van der Waals surface area contributed by atoms with Crippen molar-refractivity contribution in [1.29, 1.82) is 0 Å². The number of unbranched alkanes of at least 4 members (excludes halogenated alkanes) is 2. The smallest absolute Gasteiger partial charge is 0.241 e. The number of rotatable bonds is 9. The Balaban J connectivity index is 1.39. The summed E-state index contributed by atoms with van der Waals surface area (Å²) in [6, 6.07) is 13.2. The number of benzene rings is 2. The molecule has 1 heterocycles. The van der Waals surface area contributed by atoms with Gasteiger partial charge in [-0.05, 0) is 55.6 Å². The Hall–Kier alpha value is -1.80. The average Bonchev–Trinajstić information content (AvgIpc) is 2.74. The lowest BCUT2D eigenvalue weighted by Crippen LogP contribution is -2.46. The SMILES string of the molecule is COc1ccc(CCCCCN2CCN(c3ccccc3Cl)CC2)cc1S(N)(=O)=O. The molecule has 3 rings (SSSR count). The minimum Gasteiger partial charge on any atom is -0.495 e. The summed E-state index contributed by atoms with van der Waals surface area (Å²) < 4.78 is 28.6. The third kappa shape index (κ3) is 6.11. The highest BCUT2D eigenvalue weighted by atomic mass is 35.5. The molecule has 0 unspecified atom stereocenters. The second-order valence-electron chi connectivity index (χ2n) is 7.62. The number of aryl methyl sites for hydroxylation is 1. The van der Waals surface area contributed by atoms with Gasteiger partial charge in [-0.1, -0.05) is 36.2 Å². The summed E-state index contributed by atoms with van der Waals surface area (Å²) in [6.07, 6.45) is 4.06. The highest BCUT2D eigenvalue weighted by molar-refractivity contribution is 7.89. The molecular weight excluding hydrogens is 422 g/mol. The maximum atomic E-state index is 11.7. The van der Waals surface area contributed by atoms with Crippen LogP contribution in [0.5, 0.6) is 5.75 Å². The maximum absolute atomic E-state index is 11.7. The second-order valence-corrected chi connectivity index (χ2v) is 9.56. The molecular formula is C22H30ClN3O3S. The largest absolute Gasteiger partial charge is 0.495 e. The van der Waals surface area contributed by atoms with Crippen LogP contribution in [0.4, 0.5) is 5.69 Å². The molecule has 1 fully saturated rings. The van der Waals surface area contributed by atoms with Crippen molar-refractivity contribution in [1.82, 2.24) is 4.90 Å². The summed E-state index contributed by atoms with van der Waals surface area (Å²) in [5.41, 5.74) is 2.09. The average molecular weight is 452 g/mol. The van der Waals surface area contributed by atoms with Crippen molar-refractivity contribution in [3.05, 3.63) is 53.1 Å². The number of hydrogen-bond donors (Lipinski definition) is 1. The van der Waals surface area contributed by atoms with Crippen LogP contribution in [0.2, 0.25) is 5.02 Å². The van der Waals surface area contributed by atoms with E-state index in [4.69, 9.17) is 21.5 Å². The number of hydrogen-bond acceptors (Lipinski definition) is 5. The quantitative estimate of drug-likeness (QED) is 0.590. The Morgan fingerprint density at radius 2 is 1.77 bits per heavy atom. The van der Waals surface area contributed by atoms with Gasteiger partial charge in [0.1, 0.15) is 10.6 Å². The van der Waals surface area contributed by atoms with E-state index in [9.17, 15) is 8.42 Å². The van der Waals surface area contributed by atoms with Gasteiger partial charge in [-0.25, -0.2) is 13.6 Å². The predicted octanol–water partition coefficient (Wildman–Crippen LogP) is 3.53. The molecule has 1 saturated heterocycles. The van der Waals surface area contributed by atoms with Crippen molar-refractivity contribution in [3.8, 4) is 5.75 Å². The number of piperazine rings is 1. The fourth-order valence-corrected chi connectivity index (χ4v) is 4.86. The third-order valence-corrected chi connectivity index (χ3v) is 6.79. The van der Waals surface area contributed by atoms with Crippen molar-refractivity contribution in [2.45, 2.75) is 30.6 Å². The van der Waals surface area contributed by atoms with Crippen molar-refractivity contribution < 1.29 is 13.2 Å². The van der Waals surface area contributed by atoms with Gasteiger partial charge >= 0.3 is 0 Å². The van der Waals surface area contributed by atoms with Crippen LogP contribution in [0.15, 0.2) is 47.4 Å². The molecule has 8 heteroatoms. The number of nitrogens with two attached hydrogens (primary N) is 1. The van der Waals surface area contributed by atoms with E-state index in [-0.39, 0.29) is 10.6 Å². The Morgan fingerprint density at radius 3 is 2.43 bits per heavy atom. The van der Waals surface area contributed by atoms with E-state index < -0.39 is 10.0 Å². The fraction of sp³-hybridized carbons (Fsp3) is 0.455. The van der Waals surface area contributed by atoms with Gasteiger partial charge in [-0.15, -0.1) is 0 Å². The minimum absolute atomic E-state index is 0.0545. The summed E-state index contributed by atoms with van der Waals surface area (Å²) in [5.74, 6) is 0.289. The standard InChI is InChI=1S/C22H30ClN3O3S/c1-29-21-11-10-18(17-22(21)30(24,27)28)7-3-2-6-12-25-13-15-26(16-14-25)20-9-5-4-8-19(20)23/h4-5,8-11,17H,2-3,6-7,12-16H2,1H3,(H2,24,27,28). The van der Waals surface area contributed by atoms with Crippen LogP contribution in [0, 0.1) is 0 Å². The first kappa shape index (κ1) is 22.9. The van der Waals surface area contributed by atoms with E-state index in [0.717, 1.165) is 74.7 Å². The zero-order chi connectivity index (χ0) is 21.6. The normalized spacial score (nSPS) is 15.4. The number of para-hydroxylation sites is 1. The Labute approximate surface area is 184 Å². The van der Waals surface area contributed by atoms with Crippen LogP contribution in [0.1, 0.15) is 24.8 Å². The minimum atomic E-state index is -3.79. The molecule has 0 aliphatic carbocycles. The number of nitrogens with zero attached hydrogens (tertiary/aromatic N) is 2. The van der Waals surface area contributed by atoms with Gasteiger partial charge < -0.3 is 9.64 Å². The number of halogens is 1. The first-order valence-electron chi connectivity index (χ1n) is 10.3. The van der Waals surface area contributed by atoms with Gasteiger partial charge in [0.05, 0.1) is 17.8 Å². The van der Waals surface area contributed by atoms with Crippen LogP contribution in [0.3, 0.4) is 0 Å². The van der Waals surface area contributed by atoms with E-state index in [1.165, 1.54) is 7.11 Å². The molecule has 0 bridgehead atoms. The van der Waals surface area contributed by atoms with Gasteiger partial charge in [0.2, 0.25) is 10.0 Å². The lowest BCUT2D eigenvalue weighted by Gasteiger charge is -2.36. The molecule has 0 saturated carbocycles. The molecule has 30 heavy (non-hydrogen) atoms. The van der Waals surface area contributed by atoms with Crippen molar-refractivity contribution in [2.75, 3.05) is 44.7 Å². The van der Waals surface area contributed by atoms with Crippen LogP contribution < -0.4 is 14.8 Å². The topological polar surface area (TPSA) is 75.9 Å². The summed E-state index contributed by atoms with van der Waals surface area (Å²) in [5, 5.41) is 6.11. The van der Waals surface area contributed by atoms with Crippen LogP contribution in [-0.2, 0) is 16.4 Å². The maximum Gasteiger partial charge on any atom is 0.241 e. The van der Waals surface area contributed by atoms with Crippen molar-refractivity contribution in [2.24, 2.45) is 5.14 Å². The van der Waals surface area contributed by atoms with Crippen LogP contribution >= 0.6 is 11.6 Å². The van der Waals surface area contributed by atoms with E-state index in [2.05, 4.69) is 15.9 Å². The molecule has 0 spiro atoms. The van der Waals surface area contributed by atoms with E-state index >= 15 is 0 Å². The van der Waals surface area contributed by atoms with Crippen LogP contribution in [0.25, 0.3) is 0 Å².